The monoisotopic (exact) mass is 279 g/mol. The number of rotatable bonds is 5. The van der Waals surface area contributed by atoms with E-state index in [9.17, 15) is 13.9 Å². The minimum atomic E-state index is -2.64. The number of alkyl halides is 2. The SMILES string of the molecule is Cc1ccc([C@@H](O)CNc2cc(C(F)F)ncn2)cc1. The van der Waals surface area contributed by atoms with Crippen LogP contribution in [0.3, 0.4) is 0 Å². The van der Waals surface area contributed by atoms with Gasteiger partial charge >= 0.3 is 0 Å². The summed E-state index contributed by atoms with van der Waals surface area (Å²) < 4.78 is 25.0. The van der Waals surface area contributed by atoms with Crippen molar-refractivity contribution >= 4 is 5.82 Å². The van der Waals surface area contributed by atoms with E-state index in [0.29, 0.717) is 0 Å². The van der Waals surface area contributed by atoms with E-state index < -0.39 is 12.5 Å². The summed E-state index contributed by atoms with van der Waals surface area (Å²) in [6.07, 6.45) is -2.30. The quantitative estimate of drug-likeness (QED) is 0.883. The van der Waals surface area contributed by atoms with E-state index in [2.05, 4.69) is 15.3 Å². The van der Waals surface area contributed by atoms with Crippen LogP contribution in [0.2, 0.25) is 0 Å². The van der Waals surface area contributed by atoms with Crippen molar-refractivity contribution in [2.75, 3.05) is 11.9 Å². The lowest BCUT2D eigenvalue weighted by atomic mass is 10.1. The van der Waals surface area contributed by atoms with Gasteiger partial charge in [-0.1, -0.05) is 29.8 Å². The fourth-order valence-corrected chi connectivity index (χ4v) is 1.70. The Morgan fingerprint density at radius 3 is 2.55 bits per heavy atom. The standard InChI is InChI=1S/C14H15F2N3O/c1-9-2-4-10(5-3-9)12(20)7-17-13-6-11(14(15)16)18-8-19-13/h2-6,8,12,14,20H,7H2,1H3,(H,17,18,19)/t12-/m0/s1. The minimum Gasteiger partial charge on any atom is -0.387 e. The molecule has 4 nitrogen and oxygen atoms in total. The summed E-state index contributed by atoms with van der Waals surface area (Å²) in [6, 6.07) is 8.63. The lowest BCUT2D eigenvalue weighted by Gasteiger charge is -2.13. The van der Waals surface area contributed by atoms with Crippen LogP contribution in [0.5, 0.6) is 0 Å². The Morgan fingerprint density at radius 1 is 1.20 bits per heavy atom. The molecule has 20 heavy (non-hydrogen) atoms. The number of aliphatic hydroxyl groups excluding tert-OH is 1. The van der Waals surface area contributed by atoms with Gasteiger partial charge in [0.25, 0.3) is 6.43 Å². The van der Waals surface area contributed by atoms with Gasteiger partial charge < -0.3 is 10.4 Å². The van der Waals surface area contributed by atoms with Crippen LogP contribution >= 0.6 is 0 Å². The van der Waals surface area contributed by atoms with Gasteiger partial charge in [-0.25, -0.2) is 18.7 Å². The van der Waals surface area contributed by atoms with Gasteiger partial charge in [-0.05, 0) is 12.5 Å². The van der Waals surface area contributed by atoms with Gasteiger partial charge in [-0.2, -0.15) is 0 Å². The summed E-state index contributed by atoms with van der Waals surface area (Å²) in [5, 5.41) is 12.8. The summed E-state index contributed by atoms with van der Waals surface area (Å²) in [4.78, 5) is 7.31. The first kappa shape index (κ1) is 14.3. The molecular weight excluding hydrogens is 264 g/mol. The van der Waals surface area contributed by atoms with Gasteiger partial charge in [0, 0.05) is 12.6 Å². The smallest absolute Gasteiger partial charge is 0.280 e. The van der Waals surface area contributed by atoms with E-state index in [-0.39, 0.29) is 18.1 Å². The summed E-state index contributed by atoms with van der Waals surface area (Å²) in [5.41, 5.74) is 1.52. The lowest BCUT2D eigenvalue weighted by molar-refractivity contribution is 0.146. The molecule has 0 aliphatic rings. The maximum atomic E-state index is 12.5. The second-order valence-electron chi connectivity index (χ2n) is 4.44. The average molecular weight is 279 g/mol. The number of hydrogen-bond acceptors (Lipinski definition) is 4. The van der Waals surface area contributed by atoms with Crippen molar-refractivity contribution in [2.24, 2.45) is 0 Å². The zero-order valence-electron chi connectivity index (χ0n) is 10.9. The van der Waals surface area contributed by atoms with Crippen LogP contribution in [-0.2, 0) is 0 Å². The third-order valence-electron chi connectivity index (χ3n) is 2.85. The third kappa shape index (κ3) is 3.71. The highest BCUT2D eigenvalue weighted by atomic mass is 19.3. The molecule has 1 heterocycles. The first-order chi connectivity index (χ1) is 9.56. The molecule has 2 rings (SSSR count). The fourth-order valence-electron chi connectivity index (χ4n) is 1.70. The Kier molecular flexibility index (Phi) is 4.57. The molecule has 1 aromatic heterocycles. The van der Waals surface area contributed by atoms with Crippen LogP contribution in [-0.4, -0.2) is 21.6 Å². The molecule has 0 saturated carbocycles. The van der Waals surface area contributed by atoms with Gasteiger partial charge in [0.15, 0.2) is 0 Å². The zero-order valence-corrected chi connectivity index (χ0v) is 10.9. The topological polar surface area (TPSA) is 58.0 Å². The molecule has 0 spiro atoms. The van der Waals surface area contributed by atoms with Crippen molar-refractivity contribution in [3.63, 3.8) is 0 Å². The minimum absolute atomic E-state index is 0.183. The molecule has 2 N–H and O–H groups in total. The van der Waals surface area contributed by atoms with E-state index in [1.165, 1.54) is 6.07 Å². The van der Waals surface area contributed by atoms with Crippen molar-refractivity contribution in [3.8, 4) is 0 Å². The van der Waals surface area contributed by atoms with Crippen LogP contribution in [0.15, 0.2) is 36.7 Å². The van der Waals surface area contributed by atoms with Crippen molar-refractivity contribution in [1.29, 1.82) is 0 Å². The van der Waals surface area contributed by atoms with E-state index in [1.54, 1.807) is 0 Å². The van der Waals surface area contributed by atoms with Crippen LogP contribution in [0.25, 0.3) is 0 Å². The number of aromatic nitrogens is 2. The van der Waals surface area contributed by atoms with Crippen LogP contribution in [0.4, 0.5) is 14.6 Å². The highest BCUT2D eigenvalue weighted by Crippen LogP contribution is 2.19. The molecule has 106 valence electrons. The van der Waals surface area contributed by atoms with E-state index in [4.69, 9.17) is 0 Å². The molecule has 0 saturated heterocycles. The molecule has 0 aliphatic carbocycles. The summed E-state index contributed by atoms with van der Waals surface area (Å²) in [6.45, 7) is 2.14. The maximum absolute atomic E-state index is 12.5. The van der Waals surface area contributed by atoms with E-state index in [0.717, 1.165) is 17.5 Å². The number of benzene rings is 1. The van der Waals surface area contributed by atoms with Crippen molar-refractivity contribution < 1.29 is 13.9 Å². The molecule has 6 heteroatoms. The summed E-state index contributed by atoms with van der Waals surface area (Å²) in [7, 11) is 0. The number of anilines is 1. The molecule has 0 unspecified atom stereocenters. The van der Waals surface area contributed by atoms with Gasteiger partial charge in [-0.15, -0.1) is 0 Å². The van der Waals surface area contributed by atoms with Crippen molar-refractivity contribution in [3.05, 3.63) is 53.5 Å². The molecule has 1 aromatic carbocycles. The van der Waals surface area contributed by atoms with Crippen molar-refractivity contribution in [1.82, 2.24) is 9.97 Å². The Morgan fingerprint density at radius 2 is 1.90 bits per heavy atom. The van der Waals surface area contributed by atoms with Gasteiger partial charge in [0.05, 0.1) is 6.10 Å². The van der Waals surface area contributed by atoms with Gasteiger partial charge in [-0.3, -0.25) is 0 Å². The van der Waals surface area contributed by atoms with Crippen molar-refractivity contribution in [2.45, 2.75) is 19.5 Å². The van der Waals surface area contributed by atoms with Crippen LogP contribution < -0.4 is 5.32 Å². The first-order valence-electron chi connectivity index (χ1n) is 6.15. The summed E-state index contributed by atoms with van der Waals surface area (Å²) in [5.74, 6) is 0.265. The van der Waals surface area contributed by atoms with Gasteiger partial charge in [0.2, 0.25) is 0 Å². The second-order valence-corrected chi connectivity index (χ2v) is 4.44. The number of aryl methyl sites for hydroxylation is 1. The number of nitrogens with one attached hydrogen (secondary N) is 1. The molecule has 0 amide bonds. The number of aliphatic hydroxyl groups is 1. The molecule has 2 aromatic rings. The maximum Gasteiger partial charge on any atom is 0.280 e. The van der Waals surface area contributed by atoms with Gasteiger partial charge in [0.1, 0.15) is 17.8 Å². The van der Waals surface area contributed by atoms with E-state index in [1.807, 2.05) is 31.2 Å². The van der Waals surface area contributed by atoms with Crippen LogP contribution in [0.1, 0.15) is 29.4 Å². The predicted molar refractivity (Wildman–Crippen MR) is 71.6 cm³/mol. The second kappa shape index (κ2) is 6.38. The fraction of sp³-hybridized carbons (Fsp3) is 0.286. The Labute approximate surface area is 115 Å². The molecule has 0 aliphatic heterocycles. The largest absolute Gasteiger partial charge is 0.387 e. The highest BCUT2D eigenvalue weighted by molar-refractivity contribution is 5.36. The van der Waals surface area contributed by atoms with E-state index >= 15 is 0 Å². The molecule has 1 atom stereocenters. The Balaban J connectivity index is 1.97. The Bertz CT molecular complexity index is 561. The normalized spacial score (nSPS) is 12.4. The molecule has 0 radical (unpaired) electrons. The third-order valence-corrected chi connectivity index (χ3v) is 2.85. The molecular formula is C14H15F2N3O. The molecule has 0 fully saturated rings. The summed E-state index contributed by atoms with van der Waals surface area (Å²) >= 11 is 0. The zero-order chi connectivity index (χ0) is 14.5. The first-order valence-corrected chi connectivity index (χ1v) is 6.15. The highest BCUT2D eigenvalue weighted by Gasteiger charge is 2.11. The number of hydrogen-bond donors (Lipinski definition) is 2. The predicted octanol–water partition coefficient (Wildman–Crippen LogP) is 2.87. The molecule has 0 bridgehead atoms. The van der Waals surface area contributed by atoms with Crippen LogP contribution in [0, 0.1) is 6.92 Å². The number of halogens is 2. The Hall–Kier alpha value is -2.08. The number of nitrogens with zero attached hydrogens (tertiary/aromatic N) is 2. The average Bonchev–Trinajstić information content (AvgIpc) is 2.46. The lowest BCUT2D eigenvalue weighted by Crippen LogP contribution is -2.13.